The number of halogens is 3. The Balaban J connectivity index is 2.29. The highest BCUT2D eigenvalue weighted by atomic mass is 35.5. The highest BCUT2D eigenvalue weighted by Gasteiger charge is 2.15. The van der Waals surface area contributed by atoms with E-state index in [1.54, 1.807) is 12.1 Å². The van der Waals surface area contributed by atoms with E-state index < -0.39 is 0 Å². The van der Waals surface area contributed by atoms with E-state index in [9.17, 15) is 0 Å². The van der Waals surface area contributed by atoms with Gasteiger partial charge in [0, 0.05) is 0 Å². The summed E-state index contributed by atoms with van der Waals surface area (Å²) in [5.41, 5.74) is 2.42. The van der Waals surface area contributed by atoms with E-state index in [1.165, 1.54) is 0 Å². The van der Waals surface area contributed by atoms with Crippen molar-refractivity contribution in [1.29, 1.82) is 0 Å². The largest absolute Gasteiger partial charge is 0.338 e. The molecule has 90 valence electrons. The second-order valence-electron chi connectivity index (χ2n) is 3.82. The third kappa shape index (κ3) is 1.87. The van der Waals surface area contributed by atoms with Gasteiger partial charge < -0.3 is 4.98 Å². The lowest BCUT2D eigenvalue weighted by Crippen LogP contribution is -1.85. The molecule has 0 spiro atoms. The summed E-state index contributed by atoms with van der Waals surface area (Å²) in [5, 5.41) is 1.38. The molecule has 18 heavy (non-hydrogen) atoms. The zero-order chi connectivity index (χ0) is 12.7. The number of hydrogen-bond donors (Lipinski definition) is 1. The van der Waals surface area contributed by atoms with Gasteiger partial charge in [0.2, 0.25) is 0 Å². The van der Waals surface area contributed by atoms with E-state index in [4.69, 9.17) is 34.8 Å². The Kier molecular flexibility index (Phi) is 2.94. The van der Waals surface area contributed by atoms with Crippen LogP contribution in [0.4, 0.5) is 0 Å². The third-order valence-electron chi connectivity index (χ3n) is 2.67. The van der Waals surface area contributed by atoms with Crippen LogP contribution in [-0.2, 0) is 0 Å². The van der Waals surface area contributed by atoms with E-state index in [0.717, 1.165) is 11.0 Å². The number of nitrogens with zero attached hydrogens (tertiary/aromatic N) is 1. The summed E-state index contributed by atoms with van der Waals surface area (Å²) in [5.74, 6) is 0.619. The van der Waals surface area contributed by atoms with Crippen LogP contribution in [0, 0.1) is 0 Å². The molecule has 3 rings (SSSR count). The van der Waals surface area contributed by atoms with Crippen LogP contribution in [0.2, 0.25) is 15.1 Å². The van der Waals surface area contributed by atoms with Gasteiger partial charge in [-0.25, -0.2) is 4.98 Å². The number of rotatable bonds is 1. The monoisotopic (exact) mass is 296 g/mol. The second kappa shape index (κ2) is 4.47. The van der Waals surface area contributed by atoms with Crippen LogP contribution in [0.15, 0.2) is 36.4 Å². The highest BCUT2D eigenvalue weighted by Crippen LogP contribution is 2.38. The molecule has 0 aliphatic rings. The molecule has 1 N–H and O–H groups in total. The highest BCUT2D eigenvalue weighted by molar-refractivity contribution is 6.46. The maximum absolute atomic E-state index is 6.18. The number of aromatic nitrogens is 2. The Morgan fingerprint density at radius 2 is 1.61 bits per heavy atom. The van der Waals surface area contributed by atoms with Crippen LogP contribution in [0.3, 0.4) is 0 Å². The van der Waals surface area contributed by atoms with E-state index in [0.29, 0.717) is 26.5 Å². The Morgan fingerprint density at radius 3 is 2.39 bits per heavy atom. The normalized spacial score (nSPS) is 11.1. The number of imidazole rings is 1. The van der Waals surface area contributed by atoms with Crippen LogP contribution in [0.1, 0.15) is 0 Å². The maximum atomic E-state index is 6.18. The van der Waals surface area contributed by atoms with Crippen molar-refractivity contribution in [2.24, 2.45) is 0 Å². The molecule has 0 amide bonds. The van der Waals surface area contributed by atoms with Crippen LogP contribution in [-0.4, -0.2) is 9.97 Å². The quantitative estimate of drug-likeness (QED) is 0.615. The smallest absolute Gasteiger partial charge is 0.141 e. The molecule has 5 heteroatoms. The Labute approximate surface area is 119 Å². The van der Waals surface area contributed by atoms with Gasteiger partial charge in [0.15, 0.2) is 0 Å². The number of fused-ring (bicyclic) bond motifs is 1. The van der Waals surface area contributed by atoms with Crippen molar-refractivity contribution >= 4 is 45.8 Å². The molecule has 2 aromatic carbocycles. The van der Waals surface area contributed by atoms with Gasteiger partial charge in [-0.05, 0) is 24.3 Å². The third-order valence-corrected chi connectivity index (χ3v) is 3.79. The SMILES string of the molecule is Clc1ccc(Cl)c(-c2nc3ccccc3[nH]2)c1Cl. The number of nitrogens with one attached hydrogen (secondary N) is 1. The fraction of sp³-hybridized carbons (Fsp3) is 0. The molecule has 0 radical (unpaired) electrons. The topological polar surface area (TPSA) is 28.7 Å². The number of benzene rings is 2. The van der Waals surface area contributed by atoms with Crippen molar-refractivity contribution in [1.82, 2.24) is 9.97 Å². The fourth-order valence-corrected chi connectivity index (χ4v) is 2.52. The minimum atomic E-state index is 0.406. The molecule has 0 aliphatic heterocycles. The molecule has 1 heterocycles. The van der Waals surface area contributed by atoms with Crippen molar-refractivity contribution in [3.05, 3.63) is 51.5 Å². The predicted octanol–water partition coefficient (Wildman–Crippen LogP) is 5.19. The first-order chi connectivity index (χ1) is 8.66. The zero-order valence-electron chi connectivity index (χ0n) is 9.05. The summed E-state index contributed by atoms with van der Waals surface area (Å²) in [6, 6.07) is 11.1. The summed E-state index contributed by atoms with van der Waals surface area (Å²) >= 11 is 18.3. The summed E-state index contributed by atoms with van der Waals surface area (Å²) < 4.78 is 0. The number of hydrogen-bond acceptors (Lipinski definition) is 1. The Hall–Kier alpha value is -1.22. The van der Waals surface area contributed by atoms with Gasteiger partial charge >= 0.3 is 0 Å². The van der Waals surface area contributed by atoms with Gasteiger partial charge in [0.25, 0.3) is 0 Å². The fourth-order valence-electron chi connectivity index (χ4n) is 1.82. The predicted molar refractivity (Wildman–Crippen MR) is 76.6 cm³/mol. The molecular weight excluding hydrogens is 291 g/mol. The van der Waals surface area contributed by atoms with Crippen molar-refractivity contribution in [2.75, 3.05) is 0 Å². The molecule has 0 saturated carbocycles. The van der Waals surface area contributed by atoms with Crippen LogP contribution in [0.25, 0.3) is 22.4 Å². The summed E-state index contributed by atoms with van der Waals surface area (Å²) in [6.45, 7) is 0. The average molecular weight is 298 g/mol. The molecule has 0 fully saturated rings. The van der Waals surface area contributed by atoms with Crippen molar-refractivity contribution in [2.45, 2.75) is 0 Å². The van der Waals surface area contributed by atoms with Gasteiger partial charge in [0.1, 0.15) is 5.82 Å². The molecule has 3 aromatic rings. The van der Waals surface area contributed by atoms with Gasteiger partial charge in [-0.3, -0.25) is 0 Å². The molecule has 0 bridgehead atoms. The minimum Gasteiger partial charge on any atom is -0.338 e. The van der Waals surface area contributed by atoms with Crippen LogP contribution >= 0.6 is 34.8 Å². The van der Waals surface area contributed by atoms with E-state index in [-0.39, 0.29) is 0 Å². The van der Waals surface area contributed by atoms with E-state index >= 15 is 0 Å². The summed E-state index contributed by atoms with van der Waals surface area (Å²) in [6.07, 6.45) is 0. The van der Waals surface area contributed by atoms with Crippen molar-refractivity contribution in [3.63, 3.8) is 0 Å². The van der Waals surface area contributed by atoms with E-state index in [1.807, 2.05) is 24.3 Å². The maximum Gasteiger partial charge on any atom is 0.141 e. The lowest BCUT2D eigenvalue weighted by Gasteiger charge is -2.05. The molecule has 1 aromatic heterocycles. The first-order valence-corrected chi connectivity index (χ1v) is 6.39. The van der Waals surface area contributed by atoms with Gasteiger partial charge in [0.05, 0.1) is 31.7 Å². The van der Waals surface area contributed by atoms with Crippen molar-refractivity contribution < 1.29 is 0 Å². The first kappa shape index (κ1) is 11.8. The average Bonchev–Trinajstić information content (AvgIpc) is 2.77. The Morgan fingerprint density at radius 1 is 0.889 bits per heavy atom. The molecule has 0 atom stereocenters. The Bertz CT molecular complexity index is 701. The molecule has 0 unspecified atom stereocenters. The lowest BCUT2D eigenvalue weighted by atomic mass is 10.2. The van der Waals surface area contributed by atoms with Gasteiger partial charge in [-0.15, -0.1) is 0 Å². The minimum absolute atomic E-state index is 0.406. The molecule has 0 saturated heterocycles. The molecule has 0 aliphatic carbocycles. The number of H-pyrrole nitrogens is 1. The van der Waals surface area contributed by atoms with Gasteiger partial charge in [-0.2, -0.15) is 0 Å². The second-order valence-corrected chi connectivity index (χ2v) is 5.01. The zero-order valence-corrected chi connectivity index (χ0v) is 11.3. The van der Waals surface area contributed by atoms with Gasteiger partial charge in [-0.1, -0.05) is 46.9 Å². The van der Waals surface area contributed by atoms with Crippen molar-refractivity contribution in [3.8, 4) is 11.4 Å². The van der Waals surface area contributed by atoms with E-state index in [2.05, 4.69) is 9.97 Å². The standard InChI is InChI=1S/C13H7Cl3N2/c14-7-5-6-8(15)12(16)11(7)13-17-9-3-1-2-4-10(9)18-13/h1-6H,(H,17,18). The summed E-state index contributed by atoms with van der Waals surface area (Å²) in [7, 11) is 0. The molecule has 2 nitrogen and oxygen atoms in total. The van der Waals surface area contributed by atoms with Crippen LogP contribution in [0.5, 0.6) is 0 Å². The molecular formula is C13H7Cl3N2. The first-order valence-electron chi connectivity index (χ1n) is 5.25. The summed E-state index contributed by atoms with van der Waals surface area (Å²) in [4.78, 5) is 7.64. The lowest BCUT2D eigenvalue weighted by molar-refractivity contribution is 1.34. The number of para-hydroxylation sites is 2. The van der Waals surface area contributed by atoms with Crippen LogP contribution < -0.4 is 0 Å². The number of aromatic amines is 1.